The lowest BCUT2D eigenvalue weighted by Crippen LogP contribution is -2.28. The minimum Gasteiger partial charge on any atom is -0.490 e. The smallest absolute Gasteiger partial charge is 0.150 e. The molecule has 0 aromatic heterocycles. The van der Waals surface area contributed by atoms with E-state index in [9.17, 15) is 9.18 Å². The molecule has 18 heavy (non-hydrogen) atoms. The van der Waals surface area contributed by atoms with Crippen molar-refractivity contribution in [3.63, 3.8) is 0 Å². The lowest BCUT2D eigenvalue weighted by Gasteiger charge is -2.31. The molecule has 2 rings (SSSR count). The summed E-state index contributed by atoms with van der Waals surface area (Å²) < 4.78 is 19.1. The fourth-order valence-electron chi connectivity index (χ4n) is 2.88. The Morgan fingerprint density at radius 1 is 1.17 bits per heavy atom. The molecule has 1 aromatic carbocycles. The predicted octanol–water partition coefficient (Wildman–Crippen LogP) is 3.84. The van der Waals surface area contributed by atoms with Crippen molar-refractivity contribution in [1.29, 1.82) is 0 Å². The third kappa shape index (κ3) is 3.31. The Bertz CT molecular complexity index is 421. The summed E-state index contributed by atoms with van der Waals surface area (Å²) in [5, 5.41) is 0. The number of rotatable bonds is 3. The molecule has 0 saturated heterocycles. The minimum absolute atomic E-state index is 0.130. The van der Waals surface area contributed by atoms with E-state index in [1.54, 1.807) is 6.07 Å². The number of hydrogen-bond donors (Lipinski definition) is 0. The second-order valence-electron chi connectivity index (χ2n) is 5.50. The van der Waals surface area contributed by atoms with Gasteiger partial charge in [0.15, 0.2) is 0 Å². The maximum absolute atomic E-state index is 13.3. The van der Waals surface area contributed by atoms with Crippen molar-refractivity contribution in [2.45, 2.75) is 39.2 Å². The molecule has 98 valence electrons. The zero-order valence-electron chi connectivity index (χ0n) is 10.9. The molecular weight excluding hydrogens is 231 g/mol. The minimum atomic E-state index is -0.425. The monoisotopic (exact) mass is 250 g/mol. The zero-order valence-corrected chi connectivity index (χ0v) is 10.9. The third-order valence-electron chi connectivity index (χ3n) is 3.47. The number of ether oxygens (including phenoxy) is 1. The maximum Gasteiger partial charge on any atom is 0.150 e. The maximum atomic E-state index is 13.3. The van der Waals surface area contributed by atoms with Crippen LogP contribution in [-0.4, -0.2) is 12.4 Å². The second kappa shape index (κ2) is 5.51. The highest BCUT2D eigenvalue weighted by Gasteiger charge is 2.25. The van der Waals surface area contributed by atoms with Crippen LogP contribution in [0.5, 0.6) is 5.75 Å². The molecule has 2 unspecified atom stereocenters. The fraction of sp³-hybridized carbons (Fsp3) is 0.533. The van der Waals surface area contributed by atoms with Crippen LogP contribution in [0.15, 0.2) is 18.2 Å². The second-order valence-corrected chi connectivity index (χ2v) is 5.50. The van der Waals surface area contributed by atoms with E-state index in [-0.39, 0.29) is 6.10 Å². The van der Waals surface area contributed by atoms with Gasteiger partial charge in [0.25, 0.3) is 0 Å². The van der Waals surface area contributed by atoms with Crippen LogP contribution in [0.3, 0.4) is 0 Å². The normalized spacial score (nSPS) is 27.8. The van der Waals surface area contributed by atoms with Crippen molar-refractivity contribution in [2.24, 2.45) is 11.8 Å². The van der Waals surface area contributed by atoms with Crippen LogP contribution in [0, 0.1) is 17.7 Å². The topological polar surface area (TPSA) is 26.3 Å². The molecule has 0 bridgehead atoms. The van der Waals surface area contributed by atoms with Crippen LogP contribution < -0.4 is 4.74 Å². The van der Waals surface area contributed by atoms with Gasteiger partial charge in [-0.2, -0.15) is 0 Å². The van der Waals surface area contributed by atoms with Gasteiger partial charge in [0.1, 0.15) is 17.9 Å². The van der Waals surface area contributed by atoms with E-state index in [0.29, 0.717) is 29.4 Å². The van der Waals surface area contributed by atoms with E-state index in [1.807, 2.05) is 0 Å². The SMILES string of the molecule is CC1CC(C)CC(Oc2cc(F)cc(C=O)c2)C1. The van der Waals surface area contributed by atoms with Gasteiger partial charge in [-0.1, -0.05) is 13.8 Å². The first-order chi connectivity index (χ1) is 8.56. The predicted molar refractivity (Wildman–Crippen MR) is 68.4 cm³/mol. The number of aldehydes is 1. The molecule has 0 aliphatic heterocycles. The van der Waals surface area contributed by atoms with E-state index in [4.69, 9.17) is 4.74 Å². The number of halogens is 1. The summed E-state index contributed by atoms with van der Waals surface area (Å²) in [6.45, 7) is 4.43. The van der Waals surface area contributed by atoms with E-state index >= 15 is 0 Å². The van der Waals surface area contributed by atoms with Gasteiger partial charge in [0.2, 0.25) is 0 Å². The van der Waals surface area contributed by atoms with Crippen molar-refractivity contribution in [1.82, 2.24) is 0 Å². The molecule has 0 N–H and O–H groups in total. The highest BCUT2D eigenvalue weighted by Crippen LogP contribution is 2.31. The van der Waals surface area contributed by atoms with Crippen LogP contribution in [0.1, 0.15) is 43.5 Å². The lowest BCUT2D eigenvalue weighted by molar-refractivity contribution is 0.100. The van der Waals surface area contributed by atoms with Crippen molar-refractivity contribution >= 4 is 6.29 Å². The molecule has 1 aromatic rings. The van der Waals surface area contributed by atoms with E-state index < -0.39 is 5.82 Å². The number of carbonyl (C=O) groups excluding carboxylic acids is 1. The quantitative estimate of drug-likeness (QED) is 0.762. The van der Waals surface area contributed by atoms with Gasteiger partial charge in [0, 0.05) is 11.6 Å². The Hall–Kier alpha value is -1.38. The summed E-state index contributed by atoms with van der Waals surface area (Å²) in [6.07, 6.45) is 3.99. The summed E-state index contributed by atoms with van der Waals surface area (Å²) >= 11 is 0. The molecule has 1 aliphatic rings. The molecule has 0 amide bonds. The van der Waals surface area contributed by atoms with E-state index in [2.05, 4.69) is 13.8 Å². The molecule has 2 atom stereocenters. The highest BCUT2D eigenvalue weighted by atomic mass is 19.1. The molecule has 0 radical (unpaired) electrons. The molecule has 3 heteroatoms. The van der Waals surface area contributed by atoms with Crippen molar-refractivity contribution in [3.8, 4) is 5.75 Å². The summed E-state index contributed by atoms with van der Waals surface area (Å²) in [6, 6.07) is 4.16. The van der Waals surface area contributed by atoms with Gasteiger partial charge in [-0.25, -0.2) is 4.39 Å². The van der Waals surface area contributed by atoms with Crippen molar-refractivity contribution < 1.29 is 13.9 Å². The van der Waals surface area contributed by atoms with Crippen LogP contribution in [0.2, 0.25) is 0 Å². The average Bonchev–Trinajstić information content (AvgIpc) is 2.26. The van der Waals surface area contributed by atoms with Gasteiger partial charge in [0.05, 0.1) is 6.10 Å². The van der Waals surface area contributed by atoms with Gasteiger partial charge >= 0.3 is 0 Å². The molecule has 1 aliphatic carbocycles. The lowest BCUT2D eigenvalue weighted by atomic mass is 9.82. The highest BCUT2D eigenvalue weighted by molar-refractivity contribution is 5.75. The number of carbonyl (C=O) groups is 1. The summed E-state index contributed by atoms with van der Waals surface area (Å²) in [7, 11) is 0. The molecule has 0 spiro atoms. The number of hydrogen-bond acceptors (Lipinski definition) is 2. The Morgan fingerprint density at radius 2 is 1.83 bits per heavy atom. The zero-order chi connectivity index (χ0) is 13.1. The summed E-state index contributed by atoms with van der Waals surface area (Å²) in [5.74, 6) is 1.31. The Labute approximate surface area is 107 Å². The standard InChI is InChI=1S/C15H19FO2/c1-10-3-11(2)5-14(4-10)18-15-7-12(9-17)6-13(16)8-15/h6-11,14H,3-5H2,1-2H3. The molecule has 1 fully saturated rings. The van der Waals surface area contributed by atoms with Crippen LogP contribution in [-0.2, 0) is 0 Å². The van der Waals surface area contributed by atoms with Gasteiger partial charge in [-0.3, -0.25) is 4.79 Å². The van der Waals surface area contributed by atoms with E-state index in [0.717, 1.165) is 12.8 Å². The van der Waals surface area contributed by atoms with Crippen molar-refractivity contribution in [3.05, 3.63) is 29.6 Å². The molecular formula is C15H19FO2. The first-order valence-electron chi connectivity index (χ1n) is 6.49. The average molecular weight is 250 g/mol. The van der Waals surface area contributed by atoms with Crippen LogP contribution >= 0.6 is 0 Å². The first-order valence-corrected chi connectivity index (χ1v) is 6.49. The number of benzene rings is 1. The van der Waals surface area contributed by atoms with Crippen LogP contribution in [0.4, 0.5) is 4.39 Å². The van der Waals surface area contributed by atoms with Gasteiger partial charge < -0.3 is 4.74 Å². The molecule has 1 saturated carbocycles. The first kappa shape index (κ1) is 13.1. The summed E-state index contributed by atoms with van der Waals surface area (Å²) in [5.41, 5.74) is 0.321. The van der Waals surface area contributed by atoms with Crippen molar-refractivity contribution in [2.75, 3.05) is 0 Å². The Morgan fingerprint density at radius 3 is 2.44 bits per heavy atom. The molecule has 2 nitrogen and oxygen atoms in total. The Balaban J connectivity index is 2.08. The fourth-order valence-corrected chi connectivity index (χ4v) is 2.88. The Kier molecular flexibility index (Phi) is 4.00. The molecule has 0 heterocycles. The van der Waals surface area contributed by atoms with Gasteiger partial charge in [-0.15, -0.1) is 0 Å². The van der Waals surface area contributed by atoms with Gasteiger partial charge in [-0.05, 0) is 43.2 Å². The third-order valence-corrected chi connectivity index (χ3v) is 3.47. The summed E-state index contributed by atoms with van der Waals surface area (Å²) in [4.78, 5) is 10.7. The van der Waals surface area contributed by atoms with Crippen LogP contribution in [0.25, 0.3) is 0 Å². The largest absolute Gasteiger partial charge is 0.490 e. The van der Waals surface area contributed by atoms with E-state index in [1.165, 1.54) is 18.6 Å².